The van der Waals surface area contributed by atoms with Gasteiger partial charge in [0.25, 0.3) is 5.91 Å². The van der Waals surface area contributed by atoms with Crippen molar-refractivity contribution in [2.75, 3.05) is 26.7 Å². The second kappa shape index (κ2) is 8.65. The fraction of sp³-hybridized carbons (Fsp3) is 0.565. The van der Waals surface area contributed by atoms with E-state index in [1.54, 1.807) is 17.0 Å². The molecule has 2 aromatic rings. The van der Waals surface area contributed by atoms with E-state index in [9.17, 15) is 18.0 Å². The number of carbonyl (C=O) groups is 1. The molecule has 0 aliphatic carbocycles. The SMILES string of the molecule is CCn1nc(C(=O)N2CCC(c3ccccc3C(F)(F)F)CC2)c2c1CCCN(C)C2. The number of benzene rings is 1. The maximum atomic E-state index is 13.4. The van der Waals surface area contributed by atoms with Crippen LogP contribution in [0.3, 0.4) is 0 Å². The third-order valence-electron chi connectivity index (χ3n) is 6.54. The molecule has 1 aromatic heterocycles. The van der Waals surface area contributed by atoms with Crippen molar-refractivity contribution < 1.29 is 18.0 Å². The molecule has 4 rings (SSSR count). The zero-order valence-corrected chi connectivity index (χ0v) is 18.1. The van der Waals surface area contributed by atoms with Gasteiger partial charge in [-0.2, -0.15) is 18.3 Å². The highest BCUT2D eigenvalue weighted by Gasteiger charge is 2.37. The molecular formula is C23H29F3N4O. The van der Waals surface area contributed by atoms with Crippen molar-refractivity contribution in [2.24, 2.45) is 0 Å². The molecule has 168 valence electrons. The summed E-state index contributed by atoms with van der Waals surface area (Å²) in [5.74, 6) is -0.292. The first-order chi connectivity index (χ1) is 14.8. The highest BCUT2D eigenvalue weighted by atomic mass is 19.4. The third-order valence-corrected chi connectivity index (χ3v) is 6.54. The lowest BCUT2D eigenvalue weighted by molar-refractivity contribution is -0.138. The molecule has 0 spiro atoms. The zero-order chi connectivity index (χ0) is 22.2. The zero-order valence-electron chi connectivity index (χ0n) is 18.1. The normalized spacial score (nSPS) is 18.7. The molecule has 0 unspecified atom stereocenters. The lowest BCUT2D eigenvalue weighted by atomic mass is 9.86. The van der Waals surface area contributed by atoms with Crippen LogP contribution in [0.4, 0.5) is 13.2 Å². The second-order valence-electron chi connectivity index (χ2n) is 8.58. The average Bonchev–Trinajstić information content (AvgIpc) is 2.98. The van der Waals surface area contributed by atoms with Gasteiger partial charge >= 0.3 is 6.18 Å². The molecule has 2 aliphatic rings. The smallest absolute Gasteiger partial charge is 0.337 e. The van der Waals surface area contributed by atoms with Crippen LogP contribution in [0.1, 0.15) is 65.0 Å². The third kappa shape index (κ3) is 4.35. The number of fused-ring (bicyclic) bond motifs is 1. The first-order valence-electron chi connectivity index (χ1n) is 11.0. The molecule has 1 fully saturated rings. The summed E-state index contributed by atoms with van der Waals surface area (Å²) in [5, 5.41) is 4.64. The predicted molar refractivity (Wildman–Crippen MR) is 112 cm³/mol. The number of aryl methyl sites for hydroxylation is 1. The molecule has 1 aromatic carbocycles. The molecule has 0 saturated carbocycles. The van der Waals surface area contributed by atoms with Crippen LogP contribution in [0.5, 0.6) is 0 Å². The highest BCUT2D eigenvalue weighted by Crippen LogP contribution is 2.39. The van der Waals surface area contributed by atoms with E-state index in [4.69, 9.17) is 0 Å². The monoisotopic (exact) mass is 434 g/mol. The molecule has 1 amide bonds. The summed E-state index contributed by atoms with van der Waals surface area (Å²) >= 11 is 0. The number of likely N-dealkylation sites (tertiary alicyclic amines) is 1. The number of hydrogen-bond donors (Lipinski definition) is 0. The lowest BCUT2D eigenvalue weighted by Gasteiger charge is -2.33. The largest absolute Gasteiger partial charge is 0.416 e. The molecule has 5 nitrogen and oxygen atoms in total. The molecular weight excluding hydrogens is 405 g/mol. The molecule has 0 atom stereocenters. The lowest BCUT2D eigenvalue weighted by Crippen LogP contribution is -2.39. The van der Waals surface area contributed by atoms with Crippen molar-refractivity contribution in [3.8, 4) is 0 Å². The Kier molecular flexibility index (Phi) is 6.10. The van der Waals surface area contributed by atoms with E-state index in [1.165, 1.54) is 6.07 Å². The van der Waals surface area contributed by atoms with Gasteiger partial charge in [0, 0.05) is 37.4 Å². The van der Waals surface area contributed by atoms with E-state index in [0.717, 1.165) is 43.3 Å². The first-order valence-corrected chi connectivity index (χ1v) is 11.0. The number of aromatic nitrogens is 2. The van der Waals surface area contributed by atoms with Crippen LogP contribution >= 0.6 is 0 Å². The Morgan fingerprint density at radius 3 is 2.55 bits per heavy atom. The van der Waals surface area contributed by atoms with E-state index in [2.05, 4.69) is 17.0 Å². The Bertz CT molecular complexity index is 945. The van der Waals surface area contributed by atoms with Crippen LogP contribution in [0.25, 0.3) is 0 Å². The van der Waals surface area contributed by atoms with E-state index < -0.39 is 11.7 Å². The van der Waals surface area contributed by atoms with Gasteiger partial charge in [0.1, 0.15) is 0 Å². The number of piperidine rings is 1. The van der Waals surface area contributed by atoms with Crippen LogP contribution in [0.2, 0.25) is 0 Å². The highest BCUT2D eigenvalue weighted by molar-refractivity contribution is 5.94. The fourth-order valence-corrected chi connectivity index (χ4v) is 4.93. The minimum atomic E-state index is -4.36. The summed E-state index contributed by atoms with van der Waals surface area (Å²) < 4.78 is 42.2. The molecule has 1 saturated heterocycles. The maximum absolute atomic E-state index is 13.4. The Morgan fingerprint density at radius 2 is 1.87 bits per heavy atom. The van der Waals surface area contributed by atoms with Crippen molar-refractivity contribution in [2.45, 2.75) is 57.8 Å². The summed E-state index contributed by atoms with van der Waals surface area (Å²) in [4.78, 5) is 17.3. The number of rotatable bonds is 3. The molecule has 0 radical (unpaired) electrons. The second-order valence-corrected chi connectivity index (χ2v) is 8.58. The summed E-state index contributed by atoms with van der Waals surface area (Å²) in [5.41, 5.74) is 2.45. The van der Waals surface area contributed by atoms with Crippen LogP contribution in [0, 0.1) is 0 Å². The van der Waals surface area contributed by atoms with E-state index in [0.29, 0.717) is 43.7 Å². The molecule has 31 heavy (non-hydrogen) atoms. The number of hydrogen-bond acceptors (Lipinski definition) is 3. The quantitative estimate of drug-likeness (QED) is 0.723. The van der Waals surface area contributed by atoms with E-state index in [-0.39, 0.29) is 11.8 Å². The van der Waals surface area contributed by atoms with Gasteiger partial charge in [0.2, 0.25) is 0 Å². The van der Waals surface area contributed by atoms with Gasteiger partial charge in [-0.3, -0.25) is 9.48 Å². The van der Waals surface area contributed by atoms with E-state index in [1.807, 2.05) is 11.6 Å². The molecule has 8 heteroatoms. The summed E-state index contributed by atoms with van der Waals surface area (Å²) in [6, 6.07) is 5.81. The predicted octanol–water partition coefficient (Wildman–Crippen LogP) is 4.32. The van der Waals surface area contributed by atoms with Crippen LogP contribution < -0.4 is 0 Å². The van der Waals surface area contributed by atoms with Crippen LogP contribution in [-0.2, 0) is 25.7 Å². The van der Waals surface area contributed by atoms with Crippen molar-refractivity contribution in [1.29, 1.82) is 0 Å². The van der Waals surface area contributed by atoms with Crippen LogP contribution in [0.15, 0.2) is 24.3 Å². The van der Waals surface area contributed by atoms with Crippen LogP contribution in [-0.4, -0.2) is 52.2 Å². The van der Waals surface area contributed by atoms with Gasteiger partial charge in [-0.15, -0.1) is 0 Å². The summed E-state index contributed by atoms with van der Waals surface area (Å²) in [6.07, 6.45) is -1.37. The molecule has 0 N–H and O–H groups in total. The Labute approximate surface area is 180 Å². The Balaban J connectivity index is 1.52. The first kappa shape index (κ1) is 21.9. The standard InChI is InChI=1S/C23H29F3N4O/c1-3-30-20-9-6-12-28(2)15-18(20)21(27-30)22(31)29-13-10-16(11-14-29)17-7-4-5-8-19(17)23(24,25)26/h4-5,7-8,16H,3,6,9-15H2,1-2H3. The molecule has 0 bridgehead atoms. The minimum absolute atomic E-state index is 0.0960. The average molecular weight is 435 g/mol. The maximum Gasteiger partial charge on any atom is 0.416 e. The van der Waals surface area contributed by atoms with Gasteiger partial charge in [-0.05, 0) is 63.7 Å². The van der Waals surface area contributed by atoms with Crippen molar-refractivity contribution >= 4 is 5.91 Å². The number of nitrogens with zero attached hydrogens (tertiary/aromatic N) is 4. The number of halogens is 3. The van der Waals surface area contributed by atoms with Crippen molar-refractivity contribution in [1.82, 2.24) is 19.6 Å². The van der Waals surface area contributed by atoms with Gasteiger partial charge in [-0.1, -0.05) is 18.2 Å². The summed E-state index contributed by atoms with van der Waals surface area (Å²) in [6.45, 7) is 5.32. The fourth-order valence-electron chi connectivity index (χ4n) is 4.93. The number of amides is 1. The number of alkyl halides is 3. The van der Waals surface area contributed by atoms with Gasteiger partial charge in [0.05, 0.1) is 5.56 Å². The topological polar surface area (TPSA) is 41.4 Å². The minimum Gasteiger partial charge on any atom is -0.337 e. The molecule has 2 aliphatic heterocycles. The van der Waals surface area contributed by atoms with Gasteiger partial charge in [-0.25, -0.2) is 0 Å². The Morgan fingerprint density at radius 1 is 1.16 bits per heavy atom. The van der Waals surface area contributed by atoms with Crippen molar-refractivity contribution in [3.63, 3.8) is 0 Å². The van der Waals surface area contributed by atoms with Gasteiger partial charge < -0.3 is 9.80 Å². The molecule has 3 heterocycles. The van der Waals surface area contributed by atoms with Crippen molar-refractivity contribution in [3.05, 3.63) is 52.3 Å². The van der Waals surface area contributed by atoms with E-state index >= 15 is 0 Å². The van der Waals surface area contributed by atoms with Gasteiger partial charge in [0.15, 0.2) is 5.69 Å². The Hall–Kier alpha value is -2.35. The number of carbonyl (C=O) groups excluding carboxylic acids is 1. The summed E-state index contributed by atoms with van der Waals surface area (Å²) in [7, 11) is 2.05.